The normalized spacial score (nSPS) is 10.7. The van der Waals surface area contributed by atoms with Gasteiger partial charge < -0.3 is 23.5 Å². The quantitative estimate of drug-likeness (QED) is 0.440. The lowest BCUT2D eigenvalue weighted by Crippen LogP contribution is -2.00. The summed E-state index contributed by atoms with van der Waals surface area (Å²) in [6.45, 7) is 1.78. The molecule has 2 aromatic rings. The first-order chi connectivity index (χ1) is 11.6. The maximum atomic E-state index is 11.5. The average molecular weight is 333 g/mol. The monoisotopic (exact) mass is 333 g/mol. The number of furan rings is 1. The highest BCUT2D eigenvalue weighted by molar-refractivity contribution is 5.90. The average Bonchev–Trinajstić information content (AvgIpc) is 2.98. The van der Waals surface area contributed by atoms with Crippen LogP contribution in [-0.4, -0.2) is 33.5 Å². The number of carbonyl (C=O) groups is 1. The minimum absolute atomic E-state index is 0.0988. The van der Waals surface area contributed by atoms with Crippen LogP contribution in [0.1, 0.15) is 27.4 Å². The van der Waals surface area contributed by atoms with Gasteiger partial charge in [0.05, 0.1) is 27.5 Å². The maximum absolute atomic E-state index is 11.5. The highest BCUT2D eigenvalue weighted by Gasteiger charge is 2.15. The number of rotatable bonds is 7. The zero-order valence-electron chi connectivity index (χ0n) is 14.0. The molecule has 0 amide bonds. The molecule has 0 aliphatic rings. The number of hydrogen-bond acceptors (Lipinski definition) is 7. The maximum Gasteiger partial charge on any atom is 0.341 e. The lowest BCUT2D eigenvalue weighted by atomic mass is 10.2. The summed E-state index contributed by atoms with van der Waals surface area (Å²) in [6.07, 6.45) is 1.54. The van der Waals surface area contributed by atoms with E-state index in [-0.39, 0.29) is 6.61 Å². The summed E-state index contributed by atoms with van der Waals surface area (Å²) in [5.74, 6) is 1.75. The molecular formula is C17H19NO6. The number of ether oxygens (including phenoxy) is 3. The standard InChI is InChI=1S/C17H19NO6/c1-11-14(17(19)22-4)8-13(24-11)10-23-18-9-12-5-6-15(20-2)16(7-12)21-3/h5-9H,10H2,1-4H3/b18-9-. The second kappa shape index (κ2) is 8.05. The van der Waals surface area contributed by atoms with Crippen LogP contribution in [0.25, 0.3) is 0 Å². The van der Waals surface area contributed by atoms with E-state index in [0.29, 0.717) is 28.6 Å². The van der Waals surface area contributed by atoms with Gasteiger partial charge in [-0.2, -0.15) is 0 Å². The van der Waals surface area contributed by atoms with Crippen LogP contribution < -0.4 is 9.47 Å². The molecule has 0 atom stereocenters. The Morgan fingerprint density at radius 1 is 1.17 bits per heavy atom. The molecular weight excluding hydrogens is 314 g/mol. The highest BCUT2D eigenvalue weighted by Crippen LogP contribution is 2.26. The van der Waals surface area contributed by atoms with Crippen LogP contribution in [0, 0.1) is 6.92 Å². The Morgan fingerprint density at radius 3 is 2.58 bits per heavy atom. The molecule has 0 saturated heterocycles. The van der Waals surface area contributed by atoms with E-state index in [4.69, 9.17) is 18.7 Å². The first-order valence-corrected chi connectivity index (χ1v) is 7.14. The number of oxime groups is 1. The Kier molecular flexibility index (Phi) is 5.83. The largest absolute Gasteiger partial charge is 0.493 e. The fourth-order valence-electron chi connectivity index (χ4n) is 2.06. The fourth-order valence-corrected chi connectivity index (χ4v) is 2.06. The third kappa shape index (κ3) is 4.07. The molecule has 0 aliphatic heterocycles. The zero-order valence-corrected chi connectivity index (χ0v) is 14.0. The molecule has 2 rings (SSSR count). The minimum atomic E-state index is -0.448. The van der Waals surface area contributed by atoms with Gasteiger partial charge in [0.25, 0.3) is 0 Å². The number of aryl methyl sites for hydroxylation is 1. The van der Waals surface area contributed by atoms with Gasteiger partial charge in [0.15, 0.2) is 18.1 Å². The second-order valence-corrected chi connectivity index (χ2v) is 4.80. The SMILES string of the molecule is COC(=O)c1cc(CO/N=C\c2ccc(OC)c(OC)c2)oc1C. The second-order valence-electron chi connectivity index (χ2n) is 4.80. The summed E-state index contributed by atoms with van der Waals surface area (Å²) in [4.78, 5) is 16.7. The third-order valence-electron chi connectivity index (χ3n) is 3.26. The van der Waals surface area contributed by atoms with Gasteiger partial charge in [-0.25, -0.2) is 4.79 Å². The molecule has 24 heavy (non-hydrogen) atoms. The number of hydrogen-bond donors (Lipinski definition) is 0. The van der Waals surface area contributed by atoms with Crippen molar-refractivity contribution in [1.82, 2.24) is 0 Å². The Balaban J connectivity index is 1.97. The van der Waals surface area contributed by atoms with Crippen molar-refractivity contribution in [2.45, 2.75) is 13.5 Å². The molecule has 0 saturated carbocycles. The number of benzene rings is 1. The summed E-state index contributed by atoms with van der Waals surface area (Å²) in [5.41, 5.74) is 1.17. The predicted molar refractivity (Wildman–Crippen MR) is 86.7 cm³/mol. The molecule has 0 bridgehead atoms. The summed E-state index contributed by atoms with van der Waals surface area (Å²) in [6, 6.07) is 6.95. The van der Waals surface area contributed by atoms with Crippen molar-refractivity contribution < 1.29 is 28.3 Å². The third-order valence-corrected chi connectivity index (χ3v) is 3.26. The number of nitrogens with zero attached hydrogens (tertiary/aromatic N) is 1. The zero-order chi connectivity index (χ0) is 17.5. The van der Waals surface area contributed by atoms with Crippen molar-refractivity contribution in [3.05, 3.63) is 46.9 Å². The van der Waals surface area contributed by atoms with Crippen molar-refractivity contribution in [2.24, 2.45) is 5.16 Å². The minimum Gasteiger partial charge on any atom is -0.493 e. The van der Waals surface area contributed by atoms with Crippen molar-refractivity contribution in [3.8, 4) is 11.5 Å². The van der Waals surface area contributed by atoms with Crippen LogP contribution in [0.15, 0.2) is 33.8 Å². The van der Waals surface area contributed by atoms with Gasteiger partial charge in [-0.15, -0.1) is 0 Å². The van der Waals surface area contributed by atoms with Crippen LogP contribution in [0.3, 0.4) is 0 Å². The smallest absolute Gasteiger partial charge is 0.341 e. The highest BCUT2D eigenvalue weighted by atomic mass is 16.6. The van der Waals surface area contributed by atoms with E-state index in [1.165, 1.54) is 7.11 Å². The van der Waals surface area contributed by atoms with Gasteiger partial charge >= 0.3 is 5.97 Å². The van der Waals surface area contributed by atoms with E-state index in [0.717, 1.165) is 5.56 Å². The van der Waals surface area contributed by atoms with E-state index in [1.54, 1.807) is 45.6 Å². The van der Waals surface area contributed by atoms with Crippen LogP contribution in [0.4, 0.5) is 0 Å². The summed E-state index contributed by atoms with van der Waals surface area (Å²) in [5, 5.41) is 3.87. The topological polar surface area (TPSA) is 79.5 Å². The van der Waals surface area contributed by atoms with Crippen molar-refractivity contribution in [1.29, 1.82) is 0 Å². The van der Waals surface area contributed by atoms with Crippen LogP contribution in [-0.2, 0) is 16.2 Å². The molecule has 128 valence electrons. The van der Waals surface area contributed by atoms with E-state index in [1.807, 2.05) is 6.07 Å². The van der Waals surface area contributed by atoms with Gasteiger partial charge in [0.1, 0.15) is 17.1 Å². The molecule has 0 unspecified atom stereocenters. The van der Waals surface area contributed by atoms with Gasteiger partial charge in [0, 0.05) is 5.56 Å². The Morgan fingerprint density at radius 2 is 1.92 bits per heavy atom. The summed E-state index contributed by atoms with van der Waals surface area (Å²) in [7, 11) is 4.45. The summed E-state index contributed by atoms with van der Waals surface area (Å²) < 4.78 is 20.5. The molecule has 7 heteroatoms. The van der Waals surface area contributed by atoms with Crippen LogP contribution in [0.5, 0.6) is 11.5 Å². The van der Waals surface area contributed by atoms with Crippen LogP contribution in [0.2, 0.25) is 0 Å². The van der Waals surface area contributed by atoms with Gasteiger partial charge in [-0.05, 0) is 31.2 Å². The van der Waals surface area contributed by atoms with E-state index in [9.17, 15) is 4.79 Å². The molecule has 1 aromatic heterocycles. The lowest BCUT2D eigenvalue weighted by molar-refractivity contribution is 0.0599. The van der Waals surface area contributed by atoms with Gasteiger partial charge in [-0.3, -0.25) is 0 Å². The number of carbonyl (C=O) groups excluding carboxylic acids is 1. The van der Waals surface area contributed by atoms with E-state index < -0.39 is 5.97 Å². The lowest BCUT2D eigenvalue weighted by Gasteiger charge is -2.07. The van der Waals surface area contributed by atoms with Gasteiger partial charge in [0.2, 0.25) is 0 Å². The first kappa shape index (κ1) is 17.4. The molecule has 0 spiro atoms. The number of methoxy groups -OCH3 is 3. The van der Waals surface area contributed by atoms with Crippen molar-refractivity contribution >= 4 is 12.2 Å². The molecule has 1 heterocycles. The molecule has 0 N–H and O–H groups in total. The molecule has 7 nitrogen and oxygen atoms in total. The Hall–Kier alpha value is -2.96. The molecule has 1 aromatic carbocycles. The van der Waals surface area contributed by atoms with E-state index in [2.05, 4.69) is 9.89 Å². The molecule has 0 radical (unpaired) electrons. The fraction of sp³-hybridized carbons (Fsp3) is 0.294. The van der Waals surface area contributed by atoms with Gasteiger partial charge in [-0.1, -0.05) is 5.16 Å². The first-order valence-electron chi connectivity index (χ1n) is 7.14. The Bertz CT molecular complexity index is 735. The number of esters is 1. The predicted octanol–water partition coefficient (Wildman–Crippen LogP) is 2.94. The Labute approximate surface area is 139 Å². The summed E-state index contributed by atoms with van der Waals surface area (Å²) >= 11 is 0. The van der Waals surface area contributed by atoms with Crippen molar-refractivity contribution in [3.63, 3.8) is 0 Å². The molecule has 0 fully saturated rings. The molecule has 0 aliphatic carbocycles. The van der Waals surface area contributed by atoms with E-state index >= 15 is 0 Å². The van der Waals surface area contributed by atoms with Crippen molar-refractivity contribution in [2.75, 3.05) is 21.3 Å². The van der Waals surface area contributed by atoms with Crippen LogP contribution >= 0.6 is 0 Å².